The number of benzene rings is 1. The van der Waals surface area contributed by atoms with Crippen LogP contribution in [0.25, 0.3) is 0 Å². The van der Waals surface area contributed by atoms with Crippen molar-refractivity contribution in [2.24, 2.45) is 5.92 Å². The van der Waals surface area contributed by atoms with Gasteiger partial charge in [-0.05, 0) is 38.4 Å². The molecule has 4 nitrogen and oxygen atoms in total. The Hall–Kier alpha value is -1.26. The SMILES string of the molecule is Cc1ccccc1OC(C)CNC(=O)C1CCNC1.Cl. The van der Waals surface area contributed by atoms with Crippen molar-refractivity contribution in [1.29, 1.82) is 0 Å². The highest BCUT2D eigenvalue weighted by atomic mass is 35.5. The maximum atomic E-state index is 11.9. The monoisotopic (exact) mass is 298 g/mol. The molecule has 112 valence electrons. The first kappa shape index (κ1) is 16.8. The van der Waals surface area contributed by atoms with Gasteiger partial charge in [-0.25, -0.2) is 0 Å². The van der Waals surface area contributed by atoms with Crippen molar-refractivity contribution in [1.82, 2.24) is 10.6 Å². The molecule has 0 bridgehead atoms. The van der Waals surface area contributed by atoms with E-state index in [-0.39, 0.29) is 30.3 Å². The molecule has 2 N–H and O–H groups in total. The number of ether oxygens (including phenoxy) is 1. The van der Waals surface area contributed by atoms with E-state index < -0.39 is 0 Å². The normalized spacial score (nSPS) is 19.0. The van der Waals surface area contributed by atoms with Gasteiger partial charge in [-0.2, -0.15) is 0 Å². The first-order valence-corrected chi connectivity index (χ1v) is 6.87. The van der Waals surface area contributed by atoms with E-state index >= 15 is 0 Å². The zero-order valence-corrected chi connectivity index (χ0v) is 12.8. The minimum atomic E-state index is -0.0283. The lowest BCUT2D eigenvalue weighted by Gasteiger charge is -2.18. The fraction of sp³-hybridized carbons (Fsp3) is 0.533. The molecule has 1 aromatic rings. The number of halogens is 1. The van der Waals surface area contributed by atoms with E-state index in [0.29, 0.717) is 6.54 Å². The molecule has 1 aliphatic rings. The Balaban J connectivity index is 0.00000200. The zero-order chi connectivity index (χ0) is 13.7. The van der Waals surface area contributed by atoms with Crippen LogP contribution in [0.2, 0.25) is 0 Å². The molecular weight excluding hydrogens is 276 g/mol. The molecule has 1 aromatic carbocycles. The van der Waals surface area contributed by atoms with Crippen molar-refractivity contribution >= 4 is 18.3 Å². The van der Waals surface area contributed by atoms with Gasteiger partial charge in [0.25, 0.3) is 0 Å². The van der Waals surface area contributed by atoms with E-state index in [0.717, 1.165) is 30.8 Å². The minimum Gasteiger partial charge on any atom is -0.489 e. The van der Waals surface area contributed by atoms with Crippen molar-refractivity contribution in [3.05, 3.63) is 29.8 Å². The third-order valence-electron chi connectivity index (χ3n) is 3.42. The van der Waals surface area contributed by atoms with E-state index in [1.54, 1.807) is 0 Å². The van der Waals surface area contributed by atoms with Crippen LogP contribution >= 0.6 is 12.4 Å². The summed E-state index contributed by atoms with van der Waals surface area (Å²) in [5, 5.41) is 6.16. The number of amides is 1. The highest BCUT2D eigenvalue weighted by Gasteiger charge is 2.22. The molecule has 20 heavy (non-hydrogen) atoms. The smallest absolute Gasteiger partial charge is 0.224 e. The van der Waals surface area contributed by atoms with Crippen LogP contribution in [0.5, 0.6) is 5.75 Å². The lowest BCUT2D eigenvalue weighted by atomic mass is 10.1. The topological polar surface area (TPSA) is 50.4 Å². The number of para-hydroxylation sites is 1. The molecule has 1 amide bonds. The maximum Gasteiger partial charge on any atom is 0.224 e. The van der Waals surface area contributed by atoms with Crippen LogP contribution in [0.15, 0.2) is 24.3 Å². The summed E-state index contributed by atoms with van der Waals surface area (Å²) in [5.74, 6) is 1.13. The summed E-state index contributed by atoms with van der Waals surface area (Å²) in [6.45, 7) is 6.26. The summed E-state index contributed by atoms with van der Waals surface area (Å²) >= 11 is 0. The number of carbonyl (C=O) groups excluding carboxylic acids is 1. The molecule has 0 aliphatic carbocycles. The second-order valence-electron chi connectivity index (χ2n) is 5.13. The van der Waals surface area contributed by atoms with Gasteiger partial charge in [0.15, 0.2) is 0 Å². The van der Waals surface area contributed by atoms with Crippen molar-refractivity contribution in [3.8, 4) is 5.75 Å². The molecule has 1 saturated heterocycles. The zero-order valence-electron chi connectivity index (χ0n) is 12.0. The Kier molecular flexibility index (Phi) is 6.82. The Labute approximate surface area is 126 Å². The number of nitrogens with one attached hydrogen (secondary N) is 2. The quantitative estimate of drug-likeness (QED) is 0.873. The highest BCUT2D eigenvalue weighted by Crippen LogP contribution is 2.17. The summed E-state index contributed by atoms with van der Waals surface area (Å²) < 4.78 is 5.83. The van der Waals surface area contributed by atoms with Crippen LogP contribution in [-0.4, -0.2) is 31.6 Å². The van der Waals surface area contributed by atoms with Crippen molar-refractivity contribution in [2.75, 3.05) is 19.6 Å². The third-order valence-corrected chi connectivity index (χ3v) is 3.42. The number of carbonyl (C=O) groups is 1. The molecule has 0 spiro atoms. The fourth-order valence-electron chi connectivity index (χ4n) is 2.21. The first-order valence-electron chi connectivity index (χ1n) is 6.87. The molecule has 2 atom stereocenters. The van der Waals surface area contributed by atoms with E-state index in [2.05, 4.69) is 10.6 Å². The Morgan fingerprint density at radius 1 is 1.50 bits per heavy atom. The van der Waals surface area contributed by atoms with Crippen molar-refractivity contribution in [3.63, 3.8) is 0 Å². The van der Waals surface area contributed by atoms with Crippen molar-refractivity contribution in [2.45, 2.75) is 26.4 Å². The average molecular weight is 299 g/mol. The molecule has 2 rings (SSSR count). The number of hydrogen-bond donors (Lipinski definition) is 2. The van der Waals surface area contributed by atoms with Crippen LogP contribution in [0.3, 0.4) is 0 Å². The van der Waals surface area contributed by atoms with Crippen LogP contribution in [0.1, 0.15) is 18.9 Å². The summed E-state index contributed by atoms with van der Waals surface area (Å²) in [6.07, 6.45) is 0.901. The Morgan fingerprint density at radius 2 is 2.25 bits per heavy atom. The predicted octanol–water partition coefficient (Wildman–Crippen LogP) is 1.91. The van der Waals surface area contributed by atoms with Gasteiger partial charge in [0.2, 0.25) is 5.91 Å². The van der Waals surface area contributed by atoms with Crippen LogP contribution in [-0.2, 0) is 4.79 Å². The first-order chi connectivity index (χ1) is 9.16. The molecule has 0 radical (unpaired) electrons. The third kappa shape index (κ3) is 4.69. The molecule has 1 heterocycles. The van der Waals surface area contributed by atoms with Crippen LogP contribution in [0, 0.1) is 12.8 Å². The van der Waals surface area contributed by atoms with Crippen molar-refractivity contribution < 1.29 is 9.53 Å². The van der Waals surface area contributed by atoms with Gasteiger partial charge in [0.1, 0.15) is 11.9 Å². The number of hydrogen-bond acceptors (Lipinski definition) is 3. The van der Waals surface area contributed by atoms with Gasteiger partial charge >= 0.3 is 0 Å². The number of aryl methyl sites for hydroxylation is 1. The van der Waals surface area contributed by atoms with Crippen LogP contribution < -0.4 is 15.4 Å². The lowest BCUT2D eigenvalue weighted by molar-refractivity contribution is -0.124. The van der Waals surface area contributed by atoms with Gasteiger partial charge < -0.3 is 15.4 Å². The molecular formula is C15H23ClN2O2. The van der Waals surface area contributed by atoms with Gasteiger partial charge in [-0.3, -0.25) is 4.79 Å². The molecule has 1 fully saturated rings. The van der Waals surface area contributed by atoms with E-state index in [1.165, 1.54) is 0 Å². The number of rotatable bonds is 5. The molecule has 0 saturated carbocycles. The van der Waals surface area contributed by atoms with E-state index in [9.17, 15) is 4.79 Å². The average Bonchev–Trinajstić information content (AvgIpc) is 2.93. The minimum absolute atomic E-state index is 0. The van der Waals surface area contributed by atoms with Crippen LogP contribution in [0.4, 0.5) is 0 Å². The predicted molar refractivity (Wildman–Crippen MR) is 82.5 cm³/mol. The largest absolute Gasteiger partial charge is 0.489 e. The summed E-state index contributed by atoms with van der Waals surface area (Å²) in [4.78, 5) is 11.9. The van der Waals surface area contributed by atoms with Gasteiger partial charge in [-0.1, -0.05) is 18.2 Å². The molecule has 2 unspecified atom stereocenters. The van der Waals surface area contributed by atoms with Gasteiger partial charge in [-0.15, -0.1) is 12.4 Å². The van der Waals surface area contributed by atoms with Gasteiger partial charge in [0, 0.05) is 6.54 Å². The Morgan fingerprint density at radius 3 is 2.90 bits per heavy atom. The lowest BCUT2D eigenvalue weighted by Crippen LogP contribution is -2.38. The van der Waals surface area contributed by atoms with Gasteiger partial charge in [0.05, 0.1) is 12.5 Å². The Bertz CT molecular complexity index is 434. The fourth-order valence-corrected chi connectivity index (χ4v) is 2.21. The highest BCUT2D eigenvalue weighted by molar-refractivity contribution is 5.85. The summed E-state index contributed by atoms with van der Waals surface area (Å²) in [5.41, 5.74) is 1.11. The van der Waals surface area contributed by atoms with E-state index in [4.69, 9.17) is 4.74 Å². The molecule has 5 heteroatoms. The second kappa shape index (κ2) is 8.12. The van der Waals surface area contributed by atoms with E-state index in [1.807, 2.05) is 38.1 Å². The molecule has 1 aliphatic heterocycles. The second-order valence-corrected chi connectivity index (χ2v) is 5.13. The summed E-state index contributed by atoms with van der Waals surface area (Å²) in [6, 6.07) is 7.92. The summed E-state index contributed by atoms with van der Waals surface area (Å²) in [7, 11) is 0. The maximum absolute atomic E-state index is 11.9. The standard InChI is InChI=1S/C15H22N2O2.ClH/c1-11-5-3-4-6-14(11)19-12(2)9-17-15(18)13-7-8-16-10-13;/h3-6,12-13,16H,7-10H2,1-2H3,(H,17,18);1H. The molecule has 0 aromatic heterocycles.